The number of aromatic nitrogens is 1. The molecule has 1 aliphatic rings. The molecule has 0 unspecified atom stereocenters. The van der Waals surface area contributed by atoms with Gasteiger partial charge in [-0.1, -0.05) is 56.2 Å². The number of nitrogens with zero attached hydrogens (tertiary/aromatic N) is 2. The molecular weight excluding hydrogens is 406 g/mol. The van der Waals surface area contributed by atoms with E-state index in [4.69, 9.17) is 16.2 Å². The normalized spacial score (nSPS) is 13.0. The van der Waals surface area contributed by atoms with Crippen LogP contribution in [0.1, 0.15) is 42.0 Å². The summed E-state index contributed by atoms with van der Waals surface area (Å²) in [5.41, 5.74) is 8.06. The fraction of sp³-hybridized carbons (Fsp3) is 0.207. The van der Waals surface area contributed by atoms with Crippen molar-refractivity contribution in [2.75, 3.05) is 18.2 Å². The highest BCUT2D eigenvalue weighted by molar-refractivity contribution is 6.17. The lowest BCUT2D eigenvalue weighted by molar-refractivity contribution is 0.370. The van der Waals surface area contributed by atoms with E-state index in [1.165, 1.54) is 16.5 Å². The first-order valence-electron chi connectivity index (χ1n) is 11.3. The highest BCUT2D eigenvalue weighted by Gasteiger charge is 2.23. The Morgan fingerprint density at radius 1 is 1.09 bits per heavy atom. The average molecular weight is 434 g/mol. The van der Waals surface area contributed by atoms with E-state index in [9.17, 15) is 0 Å². The first-order valence-corrected chi connectivity index (χ1v) is 11.3. The van der Waals surface area contributed by atoms with Crippen LogP contribution in [0.15, 0.2) is 77.9 Å². The molecule has 0 spiro atoms. The number of aromatic amines is 1. The van der Waals surface area contributed by atoms with Crippen LogP contribution in [-0.2, 0) is 6.54 Å². The van der Waals surface area contributed by atoms with Crippen molar-refractivity contribution in [2.24, 2.45) is 4.99 Å². The molecule has 33 heavy (non-hydrogen) atoms. The monoisotopic (exact) mass is 433 g/mol. The number of hydrogen-bond donors (Lipinski definition) is 1. The zero-order chi connectivity index (χ0) is 22.8. The maximum absolute atomic E-state index is 5.74. The molecule has 4 aromatic rings. The van der Waals surface area contributed by atoms with Gasteiger partial charge in [0.2, 0.25) is 0 Å². The summed E-state index contributed by atoms with van der Waals surface area (Å²) in [6.07, 6.45) is 7.40. The Balaban J connectivity index is 1.53. The van der Waals surface area contributed by atoms with Crippen LogP contribution in [0.5, 0.6) is 5.75 Å². The van der Waals surface area contributed by atoms with E-state index in [1.807, 2.05) is 12.3 Å². The molecule has 0 bridgehead atoms. The van der Waals surface area contributed by atoms with Crippen LogP contribution >= 0.6 is 0 Å². The zero-order valence-corrected chi connectivity index (χ0v) is 19.0. The van der Waals surface area contributed by atoms with Crippen molar-refractivity contribution >= 4 is 22.3 Å². The minimum atomic E-state index is 0.244. The molecule has 1 N–H and O–H groups in total. The maximum atomic E-state index is 5.74. The number of aliphatic imine (C=N–C) groups is 1. The smallest absolute Gasteiger partial charge is 0.148 e. The van der Waals surface area contributed by atoms with Gasteiger partial charge >= 0.3 is 0 Å². The van der Waals surface area contributed by atoms with Crippen LogP contribution in [0.2, 0.25) is 0 Å². The number of hydrogen-bond acceptors (Lipinski definition) is 3. The molecule has 1 aliphatic heterocycles. The van der Waals surface area contributed by atoms with E-state index < -0.39 is 0 Å². The van der Waals surface area contributed by atoms with E-state index in [-0.39, 0.29) is 6.61 Å². The van der Waals surface area contributed by atoms with Gasteiger partial charge in [0, 0.05) is 40.5 Å². The Morgan fingerprint density at radius 2 is 1.94 bits per heavy atom. The van der Waals surface area contributed by atoms with Gasteiger partial charge in [-0.2, -0.15) is 0 Å². The fourth-order valence-corrected chi connectivity index (χ4v) is 4.41. The SMILES string of the molecule is C#CCOc1ccc2c(c1)C(c1ccc(C(C)C)cc1)=NCN2Cc1cccc2[nH]ccc12. The Morgan fingerprint density at radius 3 is 2.73 bits per heavy atom. The second kappa shape index (κ2) is 8.88. The molecule has 0 saturated heterocycles. The third-order valence-corrected chi connectivity index (χ3v) is 6.18. The number of fused-ring (bicyclic) bond motifs is 2. The Hall–Kier alpha value is -3.97. The number of anilines is 1. The summed E-state index contributed by atoms with van der Waals surface area (Å²) in [4.78, 5) is 10.6. The van der Waals surface area contributed by atoms with Crippen LogP contribution in [-0.4, -0.2) is 24.0 Å². The van der Waals surface area contributed by atoms with Crippen molar-refractivity contribution in [2.45, 2.75) is 26.3 Å². The average Bonchev–Trinajstić information content (AvgIpc) is 3.33. The van der Waals surface area contributed by atoms with E-state index in [0.717, 1.165) is 40.3 Å². The first-order chi connectivity index (χ1) is 16.1. The molecule has 5 rings (SSSR count). The number of H-pyrrole nitrogens is 1. The minimum absolute atomic E-state index is 0.244. The summed E-state index contributed by atoms with van der Waals surface area (Å²) in [6.45, 7) is 6.03. The molecule has 0 aliphatic carbocycles. The largest absolute Gasteiger partial charge is 0.481 e. The van der Waals surface area contributed by atoms with Crippen molar-refractivity contribution in [1.29, 1.82) is 0 Å². The maximum Gasteiger partial charge on any atom is 0.148 e. The second-order valence-electron chi connectivity index (χ2n) is 8.65. The molecule has 4 heteroatoms. The van der Waals surface area contributed by atoms with Gasteiger partial charge in [-0.05, 0) is 47.4 Å². The Labute approximate surface area is 194 Å². The second-order valence-corrected chi connectivity index (χ2v) is 8.65. The fourth-order valence-electron chi connectivity index (χ4n) is 4.41. The third kappa shape index (κ3) is 4.10. The van der Waals surface area contributed by atoms with Crippen molar-refractivity contribution < 1.29 is 4.74 Å². The molecule has 2 heterocycles. The van der Waals surface area contributed by atoms with Crippen LogP contribution in [0.4, 0.5) is 5.69 Å². The summed E-state index contributed by atoms with van der Waals surface area (Å²) in [5.74, 6) is 3.80. The van der Waals surface area contributed by atoms with Crippen LogP contribution in [0, 0.1) is 12.3 Å². The number of ether oxygens (including phenoxy) is 1. The molecule has 164 valence electrons. The van der Waals surface area contributed by atoms with E-state index >= 15 is 0 Å². The van der Waals surface area contributed by atoms with Crippen LogP contribution < -0.4 is 9.64 Å². The van der Waals surface area contributed by atoms with Crippen LogP contribution in [0.25, 0.3) is 10.9 Å². The summed E-state index contributed by atoms with van der Waals surface area (Å²) >= 11 is 0. The molecule has 0 saturated carbocycles. The summed E-state index contributed by atoms with van der Waals surface area (Å²) in [7, 11) is 0. The van der Waals surface area contributed by atoms with Gasteiger partial charge in [-0.3, -0.25) is 4.99 Å². The molecule has 0 atom stereocenters. The number of rotatable bonds is 6. The van der Waals surface area contributed by atoms with Crippen molar-refractivity contribution in [3.63, 3.8) is 0 Å². The Kier molecular flexibility index (Phi) is 5.62. The lowest BCUT2D eigenvalue weighted by Crippen LogP contribution is -2.30. The van der Waals surface area contributed by atoms with Gasteiger partial charge < -0.3 is 14.6 Å². The molecule has 1 aromatic heterocycles. The molecule has 0 radical (unpaired) electrons. The molecule has 3 aromatic carbocycles. The predicted octanol–water partition coefficient (Wildman–Crippen LogP) is 6.12. The van der Waals surface area contributed by atoms with E-state index in [2.05, 4.69) is 90.3 Å². The third-order valence-electron chi connectivity index (χ3n) is 6.18. The van der Waals surface area contributed by atoms with Crippen molar-refractivity contribution in [3.8, 4) is 18.1 Å². The van der Waals surface area contributed by atoms with Crippen molar-refractivity contribution in [1.82, 2.24) is 4.98 Å². The van der Waals surface area contributed by atoms with Gasteiger partial charge in [0.15, 0.2) is 0 Å². The predicted molar refractivity (Wildman–Crippen MR) is 136 cm³/mol. The van der Waals surface area contributed by atoms with E-state index in [0.29, 0.717) is 12.6 Å². The molecule has 4 nitrogen and oxygen atoms in total. The number of nitrogens with one attached hydrogen (secondary N) is 1. The summed E-state index contributed by atoms with van der Waals surface area (Å²) < 4.78 is 5.74. The number of benzene rings is 3. The van der Waals surface area contributed by atoms with Crippen LogP contribution in [0.3, 0.4) is 0 Å². The first kappa shape index (κ1) is 20.9. The summed E-state index contributed by atoms with van der Waals surface area (Å²) in [6, 6.07) is 23.4. The van der Waals surface area contributed by atoms with Gasteiger partial charge in [0.1, 0.15) is 19.0 Å². The van der Waals surface area contributed by atoms with E-state index in [1.54, 1.807) is 0 Å². The highest BCUT2D eigenvalue weighted by atomic mass is 16.5. The van der Waals surface area contributed by atoms with Gasteiger partial charge in [0.25, 0.3) is 0 Å². The van der Waals surface area contributed by atoms with Gasteiger partial charge in [-0.25, -0.2) is 0 Å². The summed E-state index contributed by atoms with van der Waals surface area (Å²) in [5, 5.41) is 1.24. The molecular formula is C29H27N3O. The molecule has 0 amide bonds. The minimum Gasteiger partial charge on any atom is -0.481 e. The molecule has 0 fully saturated rings. The Bertz CT molecular complexity index is 1360. The number of terminal acetylenes is 1. The lowest BCUT2D eigenvalue weighted by Gasteiger charge is -2.31. The van der Waals surface area contributed by atoms with Crippen molar-refractivity contribution in [3.05, 3.63) is 95.2 Å². The van der Waals surface area contributed by atoms with Gasteiger partial charge in [-0.15, -0.1) is 6.42 Å². The topological polar surface area (TPSA) is 40.6 Å². The highest BCUT2D eigenvalue weighted by Crippen LogP contribution is 2.33. The quantitative estimate of drug-likeness (QED) is 0.372. The van der Waals surface area contributed by atoms with Gasteiger partial charge in [0.05, 0.1) is 5.71 Å². The zero-order valence-electron chi connectivity index (χ0n) is 19.0. The lowest BCUT2D eigenvalue weighted by atomic mass is 9.95. The standard InChI is InChI=1S/C29H27N3O/c1-4-16-33-24-12-13-28-26(17-24)29(22-10-8-21(9-11-22)20(2)3)31-19-32(28)18-23-6-5-7-27-25(23)14-15-30-27/h1,5-15,17,20,30H,16,18-19H2,2-3H3.